The van der Waals surface area contributed by atoms with Crippen LogP contribution in [0.25, 0.3) is 0 Å². The van der Waals surface area contributed by atoms with E-state index in [1.165, 1.54) is 17.0 Å². The number of rotatable bonds is 4. The van der Waals surface area contributed by atoms with Crippen LogP contribution in [0.4, 0.5) is 5.69 Å². The highest BCUT2D eigenvalue weighted by atomic mass is 35.5. The molecule has 1 aromatic rings. The van der Waals surface area contributed by atoms with Crippen molar-refractivity contribution in [2.75, 3.05) is 23.7 Å². The second-order valence-electron chi connectivity index (χ2n) is 5.27. The van der Waals surface area contributed by atoms with E-state index in [4.69, 9.17) is 17.3 Å². The Morgan fingerprint density at radius 1 is 1.53 bits per heavy atom. The summed E-state index contributed by atoms with van der Waals surface area (Å²) in [6, 6.07) is 6.45. The van der Waals surface area contributed by atoms with Crippen molar-refractivity contribution in [2.24, 2.45) is 5.73 Å². The molecule has 19 heavy (non-hydrogen) atoms. The Labute approximate surface area is 125 Å². The summed E-state index contributed by atoms with van der Waals surface area (Å²) in [5.74, 6) is 1.19. The highest BCUT2D eigenvalue weighted by molar-refractivity contribution is 8.00. The standard InChI is InChI=1S/C15H23ClN2S/c1-3-14(17)8-12-4-5-13(16)9-15(12)18-6-7-19-11(2)10-18/h4-5,9,11,14H,3,6-8,10,17H2,1-2H3. The molecule has 1 aliphatic heterocycles. The highest BCUT2D eigenvalue weighted by Crippen LogP contribution is 2.30. The molecule has 1 aromatic carbocycles. The topological polar surface area (TPSA) is 29.3 Å². The van der Waals surface area contributed by atoms with Gasteiger partial charge in [-0.2, -0.15) is 11.8 Å². The third-order valence-corrected chi connectivity index (χ3v) is 5.01. The second-order valence-corrected chi connectivity index (χ2v) is 7.26. The maximum Gasteiger partial charge on any atom is 0.0426 e. The highest BCUT2D eigenvalue weighted by Gasteiger charge is 2.20. The van der Waals surface area contributed by atoms with Gasteiger partial charge >= 0.3 is 0 Å². The molecule has 1 aliphatic rings. The number of nitrogens with two attached hydrogens (primary N) is 1. The predicted octanol–water partition coefficient (Wildman–Crippen LogP) is 3.56. The van der Waals surface area contributed by atoms with Gasteiger partial charge in [-0.15, -0.1) is 0 Å². The average Bonchev–Trinajstić information content (AvgIpc) is 2.40. The third kappa shape index (κ3) is 4.04. The predicted molar refractivity (Wildman–Crippen MR) is 87.6 cm³/mol. The molecule has 2 nitrogen and oxygen atoms in total. The summed E-state index contributed by atoms with van der Waals surface area (Å²) in [7, 11) is 0. The van der Waals surface area contributed by atoms with Crippen molar-refractivity contribution in [1.29, 1.82) is 0 Å². The zero-order chi connectivity index (χ0) is 13.8. The minimum Gasteiger partial charge on any atom is -0.369 e. The van der Waals surface area contributed by atoms with Gasteiger partial charge in [0, 0.05) is 40.8 Å². The summed E-state index contributed by atoms with van der Waals surface area (Å²) < 4.78 is 0. The minimum absolute atomic E-state index is 0.233. The molecule has 0 bridgehead atoms. The molecule has 1 heterocycles. The lowest BCUT2D eigenvalue weighted by Crippen LogP contribution is -2.37. The Morgan fingerprint density at radius 3 is 3.00 bits per heavy atom. The summed E-state index contributed by atoms with van der Waals surface area (Å²) >= 11 is 8.23. The van der Waals surface area contributed by atoms with Gasteiger partial charge in [0.25, 0.3) is 0 Å². The van der Waals surface area contributed by atoms with Gasteiger partial charge < -0.3 is 10.6 Å². The lowest BCUT2D eigenvalue weighted by molar-refractivity contribution is 0.643. The van der Waals surface area contributed by atoms with Crippen LogP contribution in [0.1, 0.15) is 25.8 Å². The van der Waals surface area contributed by atoms with E-state index in [0.29, 0.717) is 5.25 Å². The lowest BCUT2D eigenvalue weighted by Gasteiger charge is -2.34. The SMILES string of the molecule is CCC(N)Cc1ccc(Cl)cc1N1CCSC(C)C1. The first-order chi connectivity index (χ1) is 9.10. The van der Waals surface area contributed by atoms with E-state index < -0.39 is 0 Å². The molecule has 0 radical (unpaired) electrons. The monoisotopic (exact) mass is 298 g/mol. The zero-order valence-electron chi connectivity index (χ0n) is 11.7. The Morgan fingerprint density at radius 2 is 2.32 bits per heavy atom. The van der Waals surface area contributed by atoms with E-state index >= 15 is 0 Å². The Bertz CT molecular complexity index is 425. The number of nitrogens with zero attached hydrogens (tertiary/aromatic N) is 1. The molecule has 2 N–H and O–H groups in total. The van der Waals surface area contributed by atoms with Crippen LogP contribution < -0.4 is 10.6 Å². The molecular formula is C15H23ClN2S. The van der Waals surface area contributed by atoms with Gasteiger partial charge in [0.1, 0.15) is 0 Å². The van der Waals surface area contributed by atoms with Gasteiger partial charge in [0.15, 0.2) is 0 Å². The molecule has 2 rings (SSSR count). The fourth-order valence-electron chi connectivity index (χ4n) is 2.47. The van der Waals surface area contributed by atoms with E-state index in [-0.39, 0.29) is 6.04 Å². The van der Waals surface area contributed by atoms with Crippen molar-refractivity contribution in [2.45, 2.75) is 38.0 Å². The molecule has 4 heteroatoms. The fourth-order valence-corrected chi connectivity index (χ4v) is 3.65. The molecule has 2 unspecified atom stereocenters. The number of hydrogen-bond acceptors (Lipinski definition) is 3. The zero-order valence-corrected chi connectivity index (χ0v) is 13.3. The van der Waals surface area contributed by atoms with Crippen LogP contribution in [0.3, 0.4) is 0 Å². The largest absolute Gasteiger partial charge is 0.369 e. The molecule has 0 aromatic heterocycles. The van der Waals surface area contributed by atoms with Gasteiger partial charge in [-0.1, -0.05) is 31.5 Å². The van der Waals surface area contributed by atoms with Crippen molar-refractivity contribution in [1.82, 2.24) is 0 Å². The van der Waals surface area contributed by atoms with Crippen molar-refractivity contribution < 1.29 is 0 Å². The summed E-state index contributed by atoms with van der Waals surface area (Å²) in [5, 5.41) is 1.50. The van der Waals surface area contributed by atoms with Crippen LogP contribution >= 0.6 is 23.4 Å². The van der Waals surface area contributed by atoms with Gasteiger partial charge in [-0.05, 0) is 30.5 Å². The smallest absolute Gasteiger partial charge is 0.0426 e. The third-order valence-electron chi connectivity index (χ3n) is 3.64. The first-order valence-corrected chi connectivity index (χ1v) is 8.43. The Kier molecular flexibility index (Phi) is 5.43. The van der Waals surface area contributed by atoms with Crippen LogP contribution in [0, 0.1) is 0 Å². The molecule has 0 saturated carbocycles. The fraction of sp³-hybridized carbons (Fsp3) is 0.600. The van der Waals surface area contributed by atoms with Crippen LogP contribution in [0.2, 0.25) is 5.02 Å². The van der Waals surface area contributed by atoms with Crippen LogP contribution in [-0.2, 0) is 6.42 Å². The first-order valence-electron chi connectivity index (χ1n) is 7.00. The normalized spacial score (nSPS) is 21.5. The molecule has 106 valence electrons. The first kappa shape index (κ1) is 15.0. The van der Waals surface area contributed by atoms with Crippen LogP contribution in [0.15, 0.2) is 18.2 Å². The number of benzene rings is 1. The van der Waals surface area contributed by atoms with E-state index in [1.807, 2.05) is 17.8 Å². The minimum atomic E-state index is 0.233. The van der Waals surface area contributed by atoms with Crippen LogP contribution in [0.5, 0.6) is 0 Å². The van der Waals surface area contributed by atoms with Gasteiger partial charge in [-0.25, -0.2) is 0 Å². The molecule has 1 fully saturated rings. The molecular weight excluding hydrogens is 276 g/mol. The van der Waals surface area contributed by atoms with Crippen LogP contribution in [-0.4, -0.2) is 30.1 Å². The van der Waals surface area contributed by atoms with E-state index in [2.05, 4.69) is 30.9 Å². The summed E-state index contributed by atoms with van der Waals surface area (Å²) in [6.45, 7) is 6.63. The number of anilines is 1. The summed E-state index contributed by atoms with van der Waals surface area (Å²) in [6.07, 6.45) is 1.94. The van der Waals surface area contributed by atoms with E-state index in [9.17, 15) is 0 Å². The molecule has 2 atom stereocenters. The molecule has 0 spiro atoms. The lowest BCUT2D eigenvalue weighted by atomic mass is 10.0. The number of thioether (sulfide) groups is 1. The molecule has 1 saturated heterocycles. The number of halogens is 1. The van der Waals surface area contributed by atoms with Gasteiger partial charge in [-0.3, -0.25) is 0 Å². The Balaban J connectivity index is 2.23. The average molecular weight is 299 g/mol. The van der Waals surface area contributed by atoms with Gasteiger partial charge in [0.05, 0.1) is 0 Å². The van der Waals surface area contributed by atoms with Crippen molar-refractivity contribution in [3.05, 3.63) is 28.8 Å². The molecule has 0 aliphatic carbocycles. The van der Waals surface area contributed by atoms with Crippen molar-refractivity contribution in [3.63, 3.8) is 0 Å². The quantitative estimate of drug-likeness (QED) is 0.921. The molecule has 0 amide bonds. The summed E-state index contributed by atoms with van der Waals surface area (Å²) in [4.78, 5) is 2.46. The summed E-state index contributed by atoms with van der Waals surface area (Å²) in [5.41, 5.74) is 8.73. The second kappa shape index (κ2) is 6.87. The van der Waals surface area contributed by atoms with E-state index in [1.54, 1.807) is 0 Å². The van der Waals surface area contributed by atoms with Crippen molar-refractivity contribution >= 4 is 29.1 Å². The maximum absolute atomic E-state index is 6.18. The Hall–Kier alpha value is -0.380. The maximum atomic E-state index is 6.18. The van der Waals surface area contributed by atoms with E-state index in [0.717, 1.165) is 31.0 Å². The van der Waals surface area contributed by atoms with Crippen molar-refractivity contribution in [3.8, 4) is 0 Å². The van der Waals surface area contributed by atoms with Gasteiger partial charge in [0.2, 0.25) is 0 Å². The number of hydrogen-bond donors (Lipinski definition) is 1.